The number of aromatic nitrogens is 1. The number of halogens is 1. The second-order valence-electron chi connectivity index (χ2n) is 6.20. The summed E-state index contributed by atoms with van der Waals surface area (Å²) in [5.41, 5.74) is 0.470. The van der Waals surface area contributed by atoms with Crippen molar-refractivity contribution in [3.8, 4) is 0 Å². The maximum absolute atomic E-state index is 12.8. The Kier molecular flexibility index (Phi) is 5.90. The fourth-order valence-electron chi connectivity index (χ4n) is 2.81. The van der Waals surface area contributed by atoms with E-state index in [0.717, 1.165) is 12.8 Å². The van der Waals surface area contributed by atoms with Crippen LogP contribution in [0, 0.1) is 6.92 Å². The Labute approximate surface area is 156 Å². The number of hydrogen-bond donors (Lipinski definition) is 1. The summed E-state index contributed by atoms with van der Waals surface area (Å²) in [5.74, 6) is 0.319. The van der Waals surface area contributed by atoms with Gasteiger partial charge in [-0.1, -0.05) is 16.8 Å². The van der Waals surface area contributed by atoms with Crippen molar-refractivity contribution in [3.63, 3.8) is 0 Å². The van der Waals surface area contributed by atoms with Crippen LogP contribution in [-0.2, 0) is 9.53 Å². The molecule has 26 heavy (non-hydrogen) atoms. The summed E-state index contributed by atoms with van der Waals surface area (Å²) in [4.78, 5) is 26.7. The number of amides is 2. The van der Waals surface area contributed by atoms with Gasteiger partial charge < -0.3 is 19.5 Å². The Morgan fingerprint density at radius 1 is 1.35 bits per heavy atom. The Balaban J connectivity index is 1.70. The second kappa shape index (κ2) is 8.33. The largest absolute Gasteiger partial charge is 0.376 e. The number of ether oxygens (including phenoxy) is 1. The summed E-state index contributed by atoms with van der Waals surface area (Å²) in [5, 5.41) is 6.91. The molecule has 2 amide bonds. The summed E-state index contributed by atoms with van der Waals surface area (Å²) in [7, 11) is 0. The van der Waals surface area contributed by atoms with E-state index in [1.165, 1.54) is 4.90 Å². The number of nitrogens with zero attached hydrogens (tertiary/aromatic N) is 2. The van der Waals surface area contributed by atoms with Crippen LogP contribution in [0.2, 0.25) is 5.02 Å². The molecule has 1 saturated heterocycles. The molecule has 0 bridgehead atoms. The quantitative estimate of drug-likeness (QED) is 0.836. The molecule has 8 heteroatoms. The van der Waals surface area contributed by atoms with Crippen molar-refractivity contribution < 1.29 is 18.8 Å². The first-order valence-electron chi connectivity index (χ1n) is 8.41. The SMILES string of the molecule is Cc1cc(NC(=O)CN(CC2CCCO2)C(=O)c2ccc(Cl)cc2)no1. The molecule has 3 rings (SSSR count). The minimum atomic E-state index is -0.349. The number of nitrogens with one attached hydrogen (secondary N) is 1. The van der Waals surface area contributed by atoms with Crippen LogP contribution in [0.4, 0.5) is 5.82 Å². The fraction of sp³-hybridized carbons (Fsp3) is 0.389. The van der Waals surface area contributed by atoms with Crippen molar-refractivity contribution in [2.75, 3.05) is 25.0 Å². The number of benzene rings is 1. The summed E-state index contributed by atoms with van der Waals surface area (Å²) >= 11 is 5.89. The average Bonchev–Trinajstić information content (AvgIpc) is 3.26. The smallest absolute Gasteiger partial charge is 0.254 e. The molecule has 2 aromatic rings. The third-order valence-electron chi connectivity index (χ3n) is 4.06. The minimum Gasteiger partial charge on any atom is -0.376 e. The normalized spacial score (nSPS) is 16.5. The standard InChI is InChI=1S/C18H20ClN3O4/c1-12-9-16(21-26-12)20-17(23)11-22(10-15-3-2-8-25-15)18(24)13-4-6-14(19)7-5-13/h4-7,9,15H,2-3,8,10-11H2,1H3,(H,20,21,23). The van der Waals surface area contributed by atoms with Crippen molar-refractivity contribution in [2.24, 2.45) is 0 Å². The lowest BCUT2D eigenvalue weighted by Crippen LogP contribution is -2.42. The molecule has 1 fully saturated rings. The first-order valence-corrected chi connectivity index (χ1v) is 8.78. The van der Waals surface area contributed by atoms with Gasteiger partial charge >= 0.3 is 0 Å². The van der Waals surface area contributed by atoms with Crippen LogP contribution in [0.3, 0.4) is 0 Å². The Morgan fingerprint density at radius 3 is 2.73 bits per heavy atom. The van der Waals surface area contributed by atoms with Crippen LogP contribution in [0.25, 0.3) is 0 Å². The van der Waals surface area contributed by atoms with Crippen LogP contribution < -0.4 is 5.32 Å². The highest BCUT2D eigenvalue weighted by Crippen LogP contribution is 2.17. The predicted molar refractivity (Wildman–Crippen MR) is 96.2 cm³/mol. The van der Waals surface area contributed by atoms with Crippen LogP contribution in [0.5, 0.6) is 0 Å². The van der Waals surface area contributed by atoms with Gasteiger partial charge in [-0.05, 0) is 44.0 Å². The number of anilines is 1. The molecule has 138 valence electrons. The van der Waals surface area contributed by atoms with E-state index in [1.807, 2.05) is 0 Å². The lowest BCUT2D eigenvalue weighted by Gasteiger charge is -2.25. The molecule has 1 unspecified atom stereocenters. The predicted octanol–water partition coefficient (Wildman–Crippen LogP) is 2.90. The number of carbonyl (C=O) groups is 2. The minimum absolute atomic E-state index is 0.0617. The summed E-state index contributed by atoms with van der Waals surface area (Å²) in [6.45, 7) is 2.66. The molecule has 1 aromatic carbocycles. The van der Waals surface area contributed by atoms with Gasteiger partial charge in [0.1, 0.15) is 12.3 Å². The molecule has 2 heterocycles. The van der Waals surface area contributed by atoms with Crippen molar-refractivity contribution in [1.29, 1.82) is 0 Å². The molecule has 0 spiro atoms. The number of aryl methyl sites for hydroxylation is 1. The zero-order valence-corrected chi connectivity index (χ0v) is 15.2. The summed E-state index contributed by atoms with van der Waals surface area (Å²) < 4.78 is 10.5. The van der Waals surface area contributed by atoms with Crippen LogP contribution in [-0.4, -0.2) is 47.7 Å². The van der Waals surface area contributed by atoms with Crippen LogP contribution in [0.1, 0.15) is 29.0 Å². The van der Waals surface area contributed by atoms with Gasteiger partial charge in [-0.2, -0.15) is 0 Å². The molecule has 1 N–H and O–H groups in total. The Morgan fingerprint density at radius 2 is 2.12 bits per heavy atom. The van der Waals surface area contributed by atoms with E-state index in [2.05, 4.69) is 10.5 Å². The Hall–Kier alpha value is -2.38. The van der Waals surface area contributed by atoms with Gasteiger partial charge in [-0.3, -0.25) is 9.59 Å². The molecule has 1 aliphatic heterocycles. The molecule has 0 saturated carbocycles. The first-order chi connectivity index (χ1) is 12.5. The van der Waals surface area contributed by atoms with Crippen molar-refractivity contribution in [1.82, 2.24) is 10.1 Å². The van der Waals surface area contributed by atoms with E-state index in [9.17, 15) is 9.59 Å². The van der Waals surface area contributed by atoms with E-state index in [-0.39, 0.29) is 24.5 Å². The number of rotatable bonds is 6. The van der Waals surface area contributed by atoms with E-state index in [0.29, 0.717) is 35.3 Å². The van der Waals surface area contributed by atoms with E-state index >= 15 is 0 Å². The molecule has 0 aliphatic carbocycles. The fourth-order valence-corrected chi connectivity index (χ4v) is 2.94. The third-order valence-corrected chi connectivity index (χ3v) is 4.31. The highest BCUT2D eigenvalue weighted by Gasteiger charge is 2.25. The van der Waals surface area contributed by atoms with Crippen molar-refractivity contribution in [3.05, 3.63) is 46.7 Å². The number of carbonyl (C=O) groups excluding carboxylic acids is 2. The van der Waals surface area contributed by atoms with Crippen LogP contribution >= 0.6 is 11.6 Å². The lowest BCUT2D eigenvalue weighted by molar-refractivity contribution is -0.117. The summed E-state index contributed by atoms with van der Waals surface area (Å²) in [6, 6.07) is 8.20. The zero-order chi connectivity index (χ0) is 18.5. The highest BCUT2D eigenvalue weighted by molar-refractivity contribution is 6.30. The van der Waals surface area contributed by atoms with Gasteiger partial charge in [0.2, 0.25) is 5.91 Å². The molecular formula is C18H20ClN3O4. The topological polar surface area (TPSA) is 84.7 Å². The molecule has 0 radical (unpaired) electrons. The van der Waals surface area contributed by atoms with Gasteiger partial charge in [-0.15, -0.1) is 0 Å². The molecule has 1 aliphatic rings. The van der Waals surface area contributed by atoms with E-state index in [4.69, 9.17) is 20.9 Å². The van der Waals surface area contributed by atoms with Crippen LogP contribution in [0.15, 0.2) is 34.9 Å². The monoisotopic (exact) mass is 377 g/mol. The second-order valence-corrected chi connectivity index (χ2v) is 6.64. The highest BCUT2D eigenvalue weighted by atomic mass is 35.5. The third kappa shape index (κ3) is 4.83. The van der Waals surface area contributed by atoms with Crippen molar-refractivity contribution >= 4 is 29.2 Å². The van der Waals surface area contributed by atoms with Gasteiger partial charge in [-0.25, -0.2) is 0 Å². The zero-order valence-electron chi connectivity index (χ0n) is 14.4. The summed E-state index contributed by atoms with van der Waals surface area (Å²) in [6.07, 6.45) is 1.76. The molecule has 1 aromatic heterocycles. The molecular weight excluding hydrogens is 358 g/mol. The average molecular weight is 378 g/mol. The molecule has 1 atom stereocenters. The van der Waals surface area contributed by atoms with E-state index in [1.54, 1.807) is 37.3 Å². The van der Waals surface area contributed by atoms with Gasteiger partial charge in [0.15, 0.2) is 5.82 Å². The lowest BCUT2D eigenvalue weighted by atomic mass is 10.1. The van der Waals surface area contributed by atoms with Crippen molar-refractivity contribution in [2.45, 2.75) is 25.9 Å². The van der Waals surface area contributed by atoms with Gasteiger partial charge in [0.05, 0.1) is 6.10 Å². The maximum atomic E-state index is 12.8. The van der Waals surface area contributed by atoms with E-state index < -0.39 is 0 Å². The van der Waals surface area contributed by atoms with Gasteiger partial charge in [0, 0.05) is 29.8 Å². The first kappa shape index (κ1) is 18.4. The Bertz CT molecular complexity index is 769. The number of hydrogen-bond acceptors (Lipinski definition) is 5. The maximum Gasteiger partial charge on any atom is 0.254 e. The van der Waals surface area contributed by atoms with Gasteiger partial charge in [0.25, 0.3) is 5.91 Å². The molecule has 7 nitrogen and oxygen atoms in total.